The minimum absolute atomic E-state index is 0.178. The summed E-state index contributed by atoms with van der Waals surface area (Å²) < 4.78 is 2.00. The number of aliphatic hydroxyl groups is 1. The second kappa shape index (κ2) is 7.59. The Labute approximate surface area is 140 Å². The molecular weight excluding hydrogens is 310 g/mol. The number of aliphatic hydroxyl groups excluding tert-OH is 1. The zero-order chi connectivity index (χ0) is 16.1. The second-order valence-electron chi connectivity index (χ2n) is 5.53. The molecule has 1 aromatic carbocycles. The molecule has 1 unspecified atom stereocenters. The van der Waals surface area contributed by atoms with Crippen molar-refractivity contribution in [2.45, 2.75) is 18.9 Å². The van der Waals surface area contributed by atoms with Gasteiger partial charge in [0.2, 0.25) is 0 Å². The predicted octanol–water partition coefficient (Wildman–Crippen LogP) is 3.24. The first-order valence-electron chi connectivity index (χ1n) is 7.77. The van der Waals surface area contributed by atoms with Gasteiger partial charge >= 0.3 is 0 Å². The smallest absolute Gasteiger partial charge is 0.152 e. The van der Waals surface area contributed by atoms with Crippen LogP contribution in [0.15, 0.2) is 54.7 Å². The Hall–Kier alpha value is -1.88. The Balaban J connectivity index is 1.68. The molecule has 0 aliphatic heterocycles. The lowest BCUT2D eigenvalue weighted by Gasteiger charge is -2.17. The highest BCUT2D eigenvalue weighted by molar-refractivity contribution is 6.30. The summed E-state index contributed by atoms with van der Waals surface area (Å²) in [5.74, 6) is 0.277. The number of halogens is 1. The van der Waals surface area contributed by atoms with Gasteiger partial charge < -0.3 is 14.8 Å². The van der Waals surface area contributed by atoms with Crippen molar-refractivity contribution in [3.05, 3.63) is 71.1 Å². The first kappa shape index (κ1) is 16.0. The number of aromatic nitrogens is 2. The summed E-state index contributed by atoms with van der Waals surface area (Å²) >= 11 is 6.25. The van der Waals surface area contributed by atoms with E-state index in [0.29, 0.717) is 11.7 Å². The van der Waals surface area contributed by atoms with Crippen LogP contribution in [0.3, 0.4) is 0 Å². The van der Waals surface area contributed by atoms with Crippen molar-refractivity contribution in [1.29, 1.82) is 0 Å². The molecular formula is C18H20ClN3O. The Morgan fingerprint density at radius 1 is 1.13 bits per heavy atom. The van der Waals surface area contributed by atoms with Crippen LogP contribution in [0.1, 0.15) is 23.6 Å². The lowest BCUT2D eigenvalue weighted by molar-refractivity contribution is 0.273. The van der Waals surface area contributed by atoms with Crippen molar-refractivity contribution in [3.63, 3.8) is 0 Å². The number of imidazole rings is 1. The fourth-order valence-corrected chi connectivity index (χ4v) is 3.05. The van der Waals surface area contributed by atoms with Crippen molar-refractivity contribution in [3.8, 4) is 0 Å². The fraction of sp³-hybridized carbons (Fsp3) is 0.278. The Kier molecular flexibility index (Phi) is 5.28. The largest absolute Gasteiger partial charge is 0.396 e. The highest BCUT2D eigenvalue weighted by Crippen LogP contribution is 2.20. The summed E-state index contributed by atoms with van der Waals surface area (Å²) in [6.07, 6.45) is 2.70. The van der Waals surface area contributed by atoms with Crippen LogP contribution in [0.2, 0.25) is 5.15 Å². The molecule has 0 radical (unpaired) electrons. The number of hydrogen-bond donors (Lipinski definition) is 2. The lowest BCUT2D eigenvalue weighted by atomic mass is 9.96. The first-order chi connectivity index (χ1) is 11.3. The molecule has 0 aliphatic rings. The summed E-state index contributed by atoms with van der Waals surface area (Å²) in [5.41, 5.74) is 3.04. The third-order valence-electron chi connectivity index (χ3n) is 4.01. The number of hydrogen-bond acceptors (Lipinski definition) is 3. The van der Waals surface area contributed by atoms with E-state index in [4.69, 9.17) is 11.6 Å². The average molecular weight is 330 g/mol. The van der Waals surface area contributed by atoms with E-state index >= 15 is 0 Å². The number of nitrogens with one attached hydrogen (secondary N) is 1. The maximum absolute atomic E-state index is 9.30. The molecule has 5 heteroatoms. The molecule has 2 heterocycles. The van der Waals surface area contributed by atoms with E-state index in [1.165, 1.54) is 5.56 Å². The summed E-state index contributed by atoms with van der Waals surface area (Å²) in [4.78, 5) is 4.35. The molecule has 0 saturated heterocycles. The quantitative estimate of drug-likeness (QED) is 0.699. The van der Waals surface area contributed by atoms with E-state index in [2.05, 4.69) is 22.4 Å². The van der Waals surface area contributed by atoms with Gasteiger partial charge in [-0.15, -0.1) is 0 Å². The Morgan fingerprint density at radius 3 is 2.70 bits per heavy atom. The van der Waals surface area contributed by atoms with E-state index < -0.39 is 0 Å². The minimum Gasteiger partial charge on any atom is -0.396 e. The zero-order valence-corrected chi connectivity index (χ0v) is 13.6. The van der Waals surface area contributed by atoms with Gasteiger partial charge in [0.15, 0.2) is 5.15 Å². The molecule has 4 nitrogen and oxygen atoms in total. The van der Waals surface area contributed by atoms with E-state index in [1.807, 2.05) is 47.0 Å². The van der Waals surface area contributed by atoms with Gasteiger partial charge in [-0.05, 0) is 30.0 Å². The summed E-state index contributed by atoms with van der Waals surface area (Å²) in [6.45, 7) is 1.59. The van der Waals surface area contributed by atoms with Gasteiger partial charge in [-0.1, -0.05) is 48.0 Å². The van der Waals surface area contributed by atoms with Gasteiger partial charge in [-0.2, -0.15) is 0 Å². The molecule has 0 bridgehead atoms. The van der Waals surface area contributed by atoms with Crippen LogP contribution < -0.4 is 5.32 Å². The molecule has 1 atom stereocenters. The van der Waals surface area contributed by atoms with Gasteiger partial charge in [-0.3, -0.25) is 0 Å². The topological polar surface area (TPSA) is 49.6 Å². The number of rotatable bonds is 7. The molecule has 2 N–H and O–H groups in total. The van der Waals surface area contributed by atoms with E-state index in [9.17, 15) is 5.11 Å². The predicted molar refractivity (Wildman–Crippen MR) is 92.8 cm³/mol. The molecule has 0 amide bonds. The maximum atomic E-state index is 9.30. The average Bonchev–Trinajstić information content (AvgIpc) is 2.90. The second-order valence-corrected chi connectivity index (χ2v) is 5.89. The number of fused-ring (bicyclic) bond motifs is 1. The first-order valence-corrected chi connectivity index (χ1v) is 8.15. The fourth-order valence-electron chi connectivity index (χ4n) is 2.81. The van der Waals surface area contributed by atoms with E-state index in [1.54, 1.807) is 0 Å². The minimum atomic E-state index is 0.178. The van der Waals surface area contributed by atoms with Crippen LogP contribution in [0.25, 0.3) is 5.65 Å². The van der Waals surface area contributed by atoms with Gasteiger partial charge in [-0.25, -0.2) is 4.98 Å². The van der Waals surface area contributed by atoms with Crippen molar-refractivity contribution < 1.29 is 5.11 Å². The van der Waals surface area contributed by atoms with Crippen LogP contribution >= 0.6 is 11.6 Å². The van der Waals surface area contributed by atoms with Gasteiger partial charge in [0.05, 0.1) is 5.69 Å². The third kappa shape index (κ3) is 3.72. The van der Waals surface area contributed by atoms with Crippen molar-refractivity contribution in [2.75, 3.05) is 13.2 Å². The van der Waals surface area contributed by atoms with Crippen LogP contribution in [-0.2, 0) is 6.54 Å². The number of benzene rings is 1. The number of pyridine rings is 1. The van der Waals surface area contributed by atoms with Gasteiger partial charge in [0.1, 0.15) is 5.65 Å². The molecule has 3 aromatic rings. The molecule has 23 heavy (non-hydrogen) atoms. The maximum Gasteiger partial charge on any atom is 0.152 e. The highest BCUT2D eigenvalue weighted by atomic mass is 35.5. The molecule has 0 fully saturated rings. The Morgan fingerprint density at radius 2 is 1.91 bits per heavy atom. The van der Waals surface area contributed by atoms with Gasteiger partial charge in [0, 0.05) is 25.9 Å². The van der Waals surface area contributed by atoms with Crippen LogP contribution in [0.5, 0.6) is 0 Å². The zero-order valence-electron chi connectivity index (χ0n) is 12.8. The molecule has 2 aromatic heterocycles. The lowest BCUT2D eigenvalue weighted by Crippen LogP contribution is -2.23. The summed E-state index contributed by atoms with van der Waals surface area (Å²) in [7, 11) is 0. The van der Waals surface area contributed by atoms with Crippen molar-refractivity contribution in [1.82, 2.24) is 14.7 Å². The molecule has 0 spiro atoms. The van der Waals surface area contributed by atoms with Crippen LogP contribution in [-0.4, -0.2) is 27.6 Å². The van der Waals surface area contributed by atoms with E-state index in [0.717, 1.165) is 24.3 Å². The summed E-state index contributed by atoms with van der Waals surface area (Å²) in [6, 6.07) is 16.1. The molecule has 0 aliphatic carbocycles. The molecule has 0 saturated carbocycles. The van der Waals surface area contributed by atoms with Crippen molar-refractivity contribution >= 4 is 17.2 Å². The van der Waals surface area contributed by atoms with Gasteiger partial charge in [0.25, 0.3) is 0 Å². The van der Waals surface area contributed by atoms with E-state index in [-0.39, 0.29) is 12.5 Å². The number of nitrogens with zero attached hydrogens (tertiary/aromatic N) is 2. The standard InChI is InChI=1S/C18H20ClN3O/c19-18-16(22-10-5-4-8-17(22)21-18)13-20-12-15(9-11-23)14-6-2-1-3-7-14/h1-8,10,15,20,23H,9,11-13H2. The van der Waals surface area contributed by atoms with Crippen LogP contribution in [0.4, 0.5) is 0 Å². The normalized spacial score (nSPS) is 12.6. The third-order valence-corrected chi connectivity index (χ3v) is 4.31. The van der Waals surface area contributed by atoms with Crippen molar-refractivity contribution in [2.24, 2.45) is 0 Å². The van der Waals surface area contributed by atoms with Crippen LogP contribution in [0, 0.1) is 0 Å². The SMILES string of the molecule is OCCC(CNCc1c(Cl)nc2ccccn12)c1ccccc1. The Bertz CT molecular complexity index is 757. The summed E-state index contributed by atoms with van der Waals surface area (Å²) in [5, 5.41) is 13.3. The highest BCUT2D eigenvalue weighted by Gasteiger charge is 2.13. The molecule has 3 rings (SSSR count). The monoisotopic (exact) mass is 329 g/mol. The molecule has 120 valence electrons.